The molecule has 27 heavy (non-hydrogen) atoms. The second kappa shape index (κ2) is 8.28. The van der Waals surface area contributed by atoms with E-state index in [9.17, 15) is 19.1 Å². The molecule has 1 fully saturated rings. The first-order valence-electron chi connectivity index (χ1n) is 8.47. The maximum Gasteiger partial charge on any atom is 0.338 e. The zero-order valence-electron chi connectivity index (χ0n) is 14.5. The number of carbonyl (C=O) groups excluding carboxylic acids is 2. The Morgan fingerprint density at radius 2 is 1.33 bits per heavy atom. The number of aliphatic hydroxyl groups is 1. The second-order valence-electron chi connectivity index (χ2n) is 6.15. The first-order valence-corrected chi connectivity index (χ1v) is 8.47. The molecule has 1 N–H and O–H groups in total. The minimum absolute atomic E-state index is 0.214. The van der Waals surface area contributed by atoms with Gasteiger partial charge in [-0.3, -0.25) is 0 Å². The highest BCUT2D eigenvalue weighted by Crippen LogP contribution is 2.28. The summed E-state index contributed by atoms with van der Waals surface area (Å²) in [7, 11) is 0. The fourth-order valence-electron chi connectivity index (χ4n) is 2.81. The van der Waals surface area contributed by atoms with Gasteiger partial charge in [0, 0.05) is 0 Å². The number of esters is 2. The van der Waals surface area contributed by atoms with Gasteiger partial charge in [-0.25, -0.2) is 14.0 Å². The number of aliphatic hydroxyl groups excluding tert-OH is 1. The van der Waals surface area contributed by atoms with E-state index in [1.165, 1.54) is 19.1 Å². The van der Waals surface area contributed by atoms with Gasteiger partial charge in [0.15, 0.2) is 24.7 Å². The summed E-state index contributed by atoms with van der Waals surface area (Å²) in [5.41, 5.74) is 0.478. The highest BCUT2D eigenvalue weighted by molar-refractivity contribution is 5.90. The lowest BCUT2D eigenvalue weighted by Crippen LogP contribution is -2.58. The van der Waals surface area contributed by atoms with Crippen LogP contribution in [0.4, 0.5) is 4.39 Å². The molecule has 0 spiro atoms. The molecule has 0 aromatic heterocycles. The van der Waals surface area contributed by atoms with Crippen molar-refractivity contribution in [3.05, 3.63) is 71.8 Å². The average molecular weight is 374 g/mol. The van der Waals surface area contributed by atoms with E-state index in [4.69, 9.17) is 14.2 Å². The van der Waals surface area contributed by atoms with Gasteiger partial charge >= 0.3 is 11.9 Å². The largest absolute Gasteiger partial charge is 0.452 e. The predicted molar refractivity (Wildman–Crippen MR) is 92.7 cm³/mol. The van der Waals surface area contributed by atoms with Crippen LogP contribution in [0, 0.1) is 0 Å². The standard InChI is InChI=1S/C20H19FO6/c1-12-16(26-18(22)13-8-4-2-5-9-13)17(15(21)20(24)25-12)27-19(23)14-10-6-3-7-11-14/h2-12,15-17,20,24H,1H3/t12-,15+,16+,17-,20?/m0/s1. The number of halogens is 1. The minimum atomic E-state index is -2.07. The molecular formula is C20H19FO6. The fourth-order valence-corrected chi connectivity index (χ4v) is 2.81. The topological polar surface area (TPSA) is 82.1 Å². The molecule has 0 saturated carbocycles. The molecule has 0 radical (unpaired) electrons. The number of rotatable bonds is 4. The Hall–Kier alpha value is -2.77. The molecule has 2 aromatic carbocycles. The highest BCUT2D eigenvalue weighted by Gasteiger charge is 2.49. The quantitative estimate of drug-likeness (QED) is 0.828. The summed E-state index contributed by atoms with van der Waals surface area (Å²) in [6.45, 7) is 1.50. The normalized spacial score (nSPS) is 27.6. The van der Waals surface area contributed by atoms with E-state index >= 15 is 0 Å². The third-order valence-corrected chi connectivity index (χ3v) is 4.23. The van der Waals surface area contributed by atoms with Crippen molar-refractivity contribution in [1.29, 1.82) is 0 Å². The van der Waals surface area contributed by atoms with Gasteiger partial charge in [-0.05, 0) is 31.2 Å². The first-order chi connectivity index (χ1) is 13.0. The van der Waals surface area contributed by atoms with Crippen molar-refractivity contribution >= 4 is 11.9 Å². The van der Waals surface area contributed by atoms with E-state index in [0.717, 1.165) is 0 Å². The van der Waals surface area contributed by atoms with Crippen LogP contribution in [0.3, 0.4) is 0 Å². The van der Waals surface area contributed by atoms with Gasteiger partial charge < -0.3 is 19.3 Å². The van der Waals surface area contributed by atoms with Crippen LogP contribution in [0.25, 0.3) is 0 Å². The van der Waals surface area contributed by atoms with E-state index < -0.39 is 42.7 Å². The summed E-state index contributed by atoms with van der Waals surface area (Å²) in [5.74, 6) is -1.49. The summed E-state index contributed by atoms with van der Waals surface area (Å²) in [5, 5.41) is 9.74. The Morgan fingerprint density at radius 3 is 1.81 bits per heavy atom. The van der Waals surface area contributed by atoms with Gasteiger partial charge in [-0.15, -0.1) is 0 Å². The van der Waals surface area contributed by atoms with Crippen LogP contribution in [0.5, 0.6) is 0 Å². The third kappa shape index (κ3) is 4.32. The molecule has 2 aromatic rings. The van der Waals surface area contributed by atoms with Crippen molar-refractivity contribution in [2.45, 2.75) is 37.7 Å². The summed E-state index contributed by atoms with van der Waals surface area (Å²) in [6.07, 6.45) is -7.47. The number of benzene rings is 2. The van der Waals surface area contributed by atoms with Gasteiger partial charge in [0.1, 0.15) is 0 Å². The van der Waals surface area contributed by atoms with Crippen molar-refractivity contribution in [2.24, 2.45) is 0 Å². The Morgan fingerprint density at radius 1 is 0.889 bits per heavy atom. The lowest BCUT2D eigenvalue weighted by Gasteiger charge is -2.39. The third-order valence-electron chi connectivity index (χ3n) is 4.23. The molecule has 142 valence electrons. The number of ether oxygens (including phenoxy) is 3. The van der Waals surface area contributed by atoms with Gasteiger partial charge in [0.2, 0.25) is 0 Å². The summed E-state index contributed by atoms with van der Waals surface area (Å²) in [4.78, 5) is 24.7. The fraction of sp³-hybridized carbons (Fsp3) is 0.300. The highest BCUT2D eigenvalue weighted by atomic mass is 19.1. The molecule has 1 heterocycles. The Bertz CT molecular complexity index is 782. The molecule has 3 rings (SSSR count). The zero-order chi connectivity index (χ0) is 19.4. The van der Waals surface area contributed by atoms with Crippen molar-refractivity contribution in [1.82, 2.24) is 0 Å². The molecule has 1 unspecified atom stereocenters. The Kier molecular flexibility index (Phi) is 5.83. The molecule has 5 atom stereocenters. The number of carbonyl (C=O) groups is 2. The van der Waals surface area contributed by atoms with Gasteiger partial charge in [-0.2, -0.15) is 0 Å². The van der Waals surface area contributed by atoms with Crippen LogP contribution in [0.15, 0.2) is 60.7 Å². The second-order valence-corrected chi connectivity index (χ2v) is 6.15. The molecule has 1 aliphatic rings. The average Bonchev–Trinajstić information content (AvgIpc) is 2.69. The van der Waals surface area contributed by atoms with Gasteiger partial charge in [0.25, 0.3) is 0 Å². The van der Waals surface area contributed by atoms with Crippen LogP contribution in [0.1, 0.15) is 27.6 Å². The smallest absolute Gasteiger partial charge is 0.338 e. The van der Waals surface area contributed by atoms with E-state index in [-0.39, 0.29) is 11.1 Å². The molecule has 7 heteroatoms. The van der Waals surface area contributed by atoms with Crippen molar-refractivity contribution in [2.75, 3.05) is 0 Å². The molecule has 0 amide bonds. The van der Waals surface area contributed by atoms with Gasteiger partial charge in [0.05, 0.1) is 17.2 Å². The van der Waals surface area contributed by atoms with Crippen LogP contribution in [-0.4, -0.2) is 47.8 Å². The Balaban J connectivity index is 1.80. The van der Waals surface area contributed by atoms with E-state index in [2.05, 4.69) is 0 Å². The predicted octanol–water partition coefficient (Wildman–Crippen LogP) is 2.51. The maximum absolute atomic E-state index is 14.6. The molecule has 0 aliphatic carbocycles. The number of alkyl halides is 1. The monoisotopic (exact) mass is 374 g/mol. The van der Waals surface area contributed by atoms with E-state index in [0.29, 0.717) is 0 Å². The van der Waals surface area contributed by atoms with Crippen molar-refractivity contribution in [3.63, 3.8) is 0 Å². The maximum atomic E-state index is 14.6. The summed E-state index contributed by atoms with van der Waals surface area (Å²) in [6, 6.07) is 16.2. The van der Waals surface area contributed by atoms with Crippen LogP contribution in [-0.2, 0) is 14.2 Å². The molecule has 6 nitrogen and oxygen atoms in total. The van der Waals surface area contributed by atoms with Crippen LogP contribution >= 0.6 is 0 Å². The minimum Gasteiger partial charge on any atom is -0.452 e. The lowest BCUT2D eigenvalue weighted by molar-refractivity contribution is -0.260. The van der Waals surface area contributed by atoms with Crippen molar-refractivity contribution in [3.8, 4) is 0 Å². The number of hydrogen-bond donors (Lipinski definition) is 1. The number of hydrogen-bond acceptors (Lipinski definition) is 6. The summed E-state index contributed by atoms with van der Waals surface area (Å²) >= 11 is 0. The molecule has 1 aliphatic heterocycles. The van der Waals surface area contributed by atoms with Gasteiger partial charge in [-0.1, -0.05) is 36.4 Å². The SMILES string of the molecule is C[C@@H]1OC(O)[C@H](F)[C@H](OC(=O)c2ccccc2)[C@@H]1OC(=O)c1ccccc1. The van der Waals surface area contributed by atoms with E-state index in [1.54, 1.807) is 48.5 Å². The lowest BCUT2D eigenvalue weighted by atomic mass is 10.00. The summed E-state index contributed by atoms with van der Waals surface area (Å²) < 4.78 is 30.2. The van der Waals surface area contributed by atoms with Crippen LogP contribution < -0.4 is 0 Å². The molecule has 0 bridgehead atoms. The van der Waals surface area contributed by atoms with Crippen LogP contribution in [0.2, 0.25) is 0 Å². The van der Waals surface area contributed by atoms with E-state index in [1.807, 2.05) is 0 Å². The Labute approximate surface area is 155 Å². The molecule has 1 saturated heterocycles. The zero-order valence-corrected chi connectivity index (χ0v) is 14.5. The molecular weight excluding hydrogens is 355 g/mol. The first kappa shape index (κ1) is 19.0. The van der Waals surface area contributed by atoms with Crippen molar-refractivity contribution < 1.29 is 33.3 Å².